The second kappa shape index (κ2) is 11.9. The van der Waals surface area contributed by atoms with E-state index in [1.165, 1.54) is 76.3 Å². The number of ether oxygens (including phenoxy) is 3. The van der Waals surface area contributed by atoms with E-state index < -0.39 is 11.6 Å². The van der Waals surface area contributed by atoms with Gasteiger partial charge in [0, 0.05) is 0 Å². The van der Waals surface area contributed by atoms with E-state index in [0.717, 1.165) is 30.6 Å². The lowest BCUT2D eigenvalue weighted by atomic mass is 9.68. The Labute approximate surface area is 198 Å². The van der Waals surface area contributed by atoms with E-state index in [9.17, 15) is 8.78 Å². The normalized spacial score (nSPS) is 32.6. The summed E-state index contributed by atoms with van der Waals surface area (Å²) >= 11 is 0. The van der Waals surface area contributed by atoms with Crippen molar-refractivity contribution in [2.75, 3.05) is 13.2 Å². The summed E-state index contributed by atoms with van der Waals surface area (Å²) in [4.78, 5) is 0. The number of hydrogen-bond donors (Lipinski definition) is 0. The fourth-order valence-electron chi connectivity index (χ4n) is 6.53. The van der Waals surface area contributed by atoms with Crippen LogP contribution in [0.4, 0.5) is 8.78 Å². The molecule has 0 aromatic heterocycles. The summed E-state index contributed by atoms with van der Waals surface area (Å²) in [5, 5.41) is 0. The van der Waals surface area contributed by atoms with Crippen molar-refractivity contribution in [2.45, 2.75) is 103 Å². The Hall–Kier alpha value is -1.36. The molecular weight excluding hydrogens is 422 g/mol. The minimum atomic E-state index is -0.961. The van der Waals surface area contributed by atoms with Crippen molar-refractivity contribution in [2.24, 2.45) is 23.7 Å². The molecule has 1 aromatic rings. The lowest BCUT2D eigenvalue weighted by Crippen LogP contribution is -2.31. The van der Waals surface area contributed by atoms with Crippen LogP contribution in [-0.4, -0.2) is 25.4 Å². The van der Waals surface area contributed by atoms with Crippen LogP contribution in [0.5, 0.6) is 11.5 Å². The lowest BCUT2D eigenvalue weighted by Gasteiger charge is -2.39. The van der Waals surface area contributed by atoms with Gasteiger partial charge in [-0.2, -0.15) is 8.78 Å². The predicted molar refractivity (Wildman–Crippen MR) is 127 cm³/mol. The van der Waals surface area contributed by atoms with Gasteiger partial charge in [0.1, 0.15) is 0 Å². The van der Waals surface area contributed by atoms with Gasteiger partial charge in [-0.05, 0) is 113 Å². The molecule has 2 atom stereocenters. The fourth-order valence-corrected chi connectivity index (χ4v) is 6.53. The minimum Gasteiger partial charge on any atom is -0.491 e. The van der Waals surface area contributed by atoms with Gasteiger partial charge in [0.2, 0.25) is 11.6 Å². The molecule has 186 valence electrons. The molecule has 1 aromatic carbocycles. The van der Waals surface area contributed by atoms with Crippen LogP contribution in [0.25, 0.3) is 0 Å². The molecule has 3 aliphatic rings. The lowest BCUT2D eigenvalue weighted by molar-refractivity contribution is -0.0116. The largest absolute Gasteiger partial charge is 0.491 e. The molecule has 1 heterocycles. The van der Waals surface area contributed by atoms with E-state index in [0.29, 0.717) is 31.3 Å². The van der Waals surface area contributed by atoms with Gasteiger partial charge < -0.3 is 14.2 Å². The molecule has 0 amide bonds. The van der Waals surface area contributed by atoms with Crippen LogP contribution in [0.2, 0.25) is 0 Å². The van der Waals surface area contributed by atoms with Crippen molar-refractivity contribution in [3.05, 3.63) is 23.8 Å². The van der Waals surface area contributed by atoms with E-state index in [1.807, 2.05) is 0 Å². The van der Waals surface area contributed by atoms with Gasteiger partial charge in [-0.3, -0.25) is 0 Å². The van der Waals surface area contributed by atoms with E-state index in [2.05, 4.69) is 6.92 Å². The zero-order valence-corrected chi connectivity index (χ0v) is 20.5. The quantitative estimate of drug-likeness (QED) is 0.375. The summed E-state index contributed by atoms with van der Waals surface area (Å²) in [5.74, 6) is 0.903. The molecule has 4 rings (SSSR count). The molecule has 0 bridgehead atoms. The SMILES string of the molecule is CCCC1CCC(C2CCC(C3CCC(COc4ccc(OCC)c(F)c4F)CC3)CC2)O1. The highest BCUT2D eigenvalue weighted by molar-refractivity contribution is 5.35. The maximum atomic E-state index is 14.3. The average molecular weight is 465 g/mol. The zero-order chi connectivity index (χ0) is 23.2. The van der Waals surface area contributed by atoms with Gasteiger partial charge in [0.05, 0.1) is 25.4 Å². The Morgan fingerprint density at radius 1 is 0.758 bits per heavy atom. The first-order valence-corrected chi connectivity index (χ1v) is 13.5. The van der Waals surface area contributed by atoms with Gasteiger partial charge >= 0.3 is 0 Å². The van der Waals surface area contributed by atoms with Gasteiger partial charge in [-0.1, -0.05) is 13.3 Å². The van der Waals surface area contributed by atoms with Gasteiger partial charge in [-0.15, -0.1) is 0 Å². The monoisotopic (exact) mass is 464 g/mol. The predicted octanol–water partition coefficient (Wildman–Crippen LogP) is 7.70. The Balaban J connectivity index is 1.17. The molecule has 2 aliphatic carbocycles. The van der Waals surface area contributed by atoms with Crippen molar-refractivity contribution >= 4 is 0 Å². The van der Waals surface area contributed by atoms with Crippen LogP contribution in [-0.2, 0) is 4.74 Å². The number of hydrogen-bond acceptors (Lipinski definition) is 3. The number of rotatable bonds is 9. The molecule has 3 nitrogen and oxygen atoms in total. The molecule has 3 fully saturated rings. The maximum Gasteiger partial charge on any atom is 0.204 e. The first-order chi connectivity index (χ1) is 16.1. The summed E-state index contributed by atoms with van der Waals surface area (Å²) in [6, 6.07) is 2.93. The molecular formula is C28H42F2O3. The van der Waals surface area contributed by atoms with Gasteiger partial charge in [0.15, 0.2) is 11.5 Å². The van der Waals surface area contributed by atoms with Crippen LogP contribution in [0.3, 0.4) is 0 Å². The summed E-state index contributed by atoms with van der Waals surface area (Å²) < 4.78 is 45.5. The van der Waals surface area contributed by atoms with Crippen LogP contribution in [0.1, 0.15) is 90.9 Å². The Morgan fingerprint density at radius 3 is 1.94 bits per heavy atom. The molecule has 5 heteroatoms. The Morgan fingerprint density at radius 2 is 1.33 bits per heavy atom. The fraction of sp³-hybridized carbons (Fsp3) is 0.786. The summed E-state index contributed by atoms with van der Waals surface area (Å²) in [6.07, 6.45) is 16.1. The standard InChI is InChI=1S/C28H42F2O3/c1-3-5-23-14-15-24(33-23)22-12-10-21(11-13-22)20-8-6-19(7-9-20)18-32-26-17-16-25(31-4-2)27(29)28(26)30/h16-17,19-24H,3-15,18H2,1-2H3. The first-order valence-electron chi connectivity index (χ1n) is 13.5. The highest BCUT2D eigenvalue weighted by Crippen LogP contribution is 2.44. The van der Waals surface area contributed by atoms with Gasteiger partial charge in [0.25, 0.3) is 0 Å². The maximum absolute atomic E-state index is 14.3. The molecule has 0 spiro atoms. The second-order valence-corrected chi connectivity index (χ2v) is 10.6. The summed E-state index contributed by atoms with van der Waals surface area (Å²) in [6.45, 7) is 4.76. The van der Waals surface area contributed by atoms with Crippen molar-refractivity contribution in [1.29, 1.82) is 0 Å². The van der Waals surface area contributed by atoms with Crippen molar-refractivity contribution in [1.82, 2.24) is 0 Å². The van der Waals surface area contributed by atoms with Crippen LogP contribution in [0, 0.1) is 35.3 Å². The van der Waals surface area contributed by atoms with Crippen LogP contribution >= 0.6 is 0 Å². The molecule has 0 radical (unpaired) electrons. The minimum absolute atomic E-state index is 0.00768. The number of halogens is 2. The smallest absolute Gasteiger partial charge is 0.204 e. The third-order valence-electron chi connectivity index (χ3n) is 8.44. The van der Waals surface area contributed by atoms with E-state index in [1.54, 1.807) is 6.92 Å². The zero-order valence-electron chi connectivity index (χ0n) is 20.5. The molecule has 2 unspecified atom stereocenters. The summed E-state index contributed by atoms with van der Waals surface area (Å²) in [5.41, 5.74) is 0. The highest BCUT2D eigenvalue weighted by Gasteiger charge is 2.36. The van der Waals surface area contributed by atoms with E-state index in [4.69, 9.17) is 14.2 Å². The Bertz CT molecular complexity index is 739. The third-order valence-corrected chi connectivity index (χ3v) is 8.44. The molecule has 1 saturated heterocycles. The van der Waals surface area contributed by atoms with Crippen molar-refractivity contribution < 1.29 is 23.0 Å². The molecule has 1 aliphatic heterocycles. The van der Waals surface area contributed by atoms with E-state index in [-0.39, 0.29) is 11.5 Å². The Kier molecular flexibility index (Phi) is 8.90. The van der Waals surface area contributed by atoms with Crippen molar-refractivity contribution in [3.63, 3.8) is 0 Å². The second-order valence-electron chi connectivity index (χ2n) is 10.6. The molecule has 2 saturated carbocycles. The van der Waals surface area contributed by atoms with Gasteiger partial charge in [-0.25, -0.2) is 0 Å². The van der Waals surface area contributed by atoms with E-state index >= 15 is 0 Å². The number of benzene rings is 1. The van der Waals surface area contributed by atoms with Crippen molar-refractivity contribution in [3.8, 4) is 11.5 Å². The molecule has 33 heavy (non-hydrogen) atoms. The first kappa shape index (κ1) is 24.8. The average Bonchev–Trinajstić information content (AvgIpc) is 3.31. The van der Waals surface area contributed by atoms with Crippen LogP contribution in [0.15, 0.2) is 12.1 Å². The summed E-state index contributed by atoms with van der Waals surface area (Å²) in [7, 11) is 0. The highest BCUT2D eigenvalue weighted by atomic mass is 19.2. The molecule has 0 N–H and O–H groups in total. The van der Waals surface area contributed by atoms with Crippen LogP contribution < -0.4 is 9.47 Å². The topological polar surface area (TPSA) is 27.7 Å². The third kappa shape index (κ3) is 6.21.